The molecular weight excluding hydrogens is 240 g/mol. The highest BCUT2D eigenvalue weighted by molar-refractivity contribution is 5.77. The molecule has 1 N–H and O–H groups in total. The summed E-state index contributed by atoms with van der Waals surface area (Å²) in [6.45, 7) is 5.56. The van der Waals surface area contributed by atoms with Crippen LogP contribution in [0.15, 0.2) is 34.9 Å². The van der Waals surface area contributed by atoms with Crippen LogP contribution < -0.4 is 5.32 Å². The van der Waals surface area contributed by atoms with Gasteiger partial charge >= 0.3 is 0 Å². The Labute approximate surface area is 111 Å². The number of nitrogens with zero attached hydrogens (tertiary/aromatic N) is 3. The van der Waals surface area contributed by atoms with Crippen LogP contribution in [0.1, 0.15) is 18.5 Å². The lowest BCUT2D eigenvalue weighted by molar-refractivity contribution is 0.561. The van der Waals surface area contributed by atoms with Gasteiger partial charge in [0.15, 0.2) is 11.5 Å². The van der Waals surface area contributed by atoms with E-state index in [4.69, 9.17) is 4.42 Å². The Morgan fingerprint density at radius 3 is 3.05 bits per heavy atom. The molecule has 0 aliphatic heterocycles. The van der Waals surface area contributed by atoms with Gasteiger partial charge in [0.05, 0.1) is 12.2 Å². The summed E-state index contributed by atoms with van der Waals surface area (Å²) in [6.07, 6.45) is 1.82. The zero-order valence-corrected chi connectivity index (χ0v) is 11.1. The van der Waals surface area contributed by atoms with Gasteiger partial charge in [-0.1, -0.05) is 0 Å². The second-order valence-corrected chi connectivity index (χ2v) is 4.41. The van der Waals surface area contributed by atoms with Crippen molar-refractivity contribution in [2.45, 2.75) is 26.9 Å². The van der Waals surface area contributed by atoms with Gasteiger partial charge < -0.3 is 9.73 Å². The molecule has 98 valence electrons. The van der Waals surface area contributed by atoms with E-state index in [1.54, 1.807) is 0 Å². The van der Waals surface area contributed by atoms with Crippen LogP contribution in [0.5, 0.6) is 0 Å². The van der Waals surface area contributed by atoms with Crippen molar-refractivity contribution in [1.29, 1.82) is 0 Å². The minimum atomic E-state index is 0.691. The molecule has 0 bridgehead atoms. The summed E-state index contributed by atoms with van der Waals surface area (Å²) in [7, 11) is 0. The Morgan fingerprint density at radius 2 is 2.21 bits per heavy atom. The standard InChI is InChI=1S/C14H16N4O/c1-3-18-12(6-7-16-18)9-15-11-4-5-14-13(8-11)17-10(2)19-14/h4-8,15H,3,9H2,1-2H3. The lowest BCUT2D eigenvalue weighted by atomic mass is 10.3. The SMILES string of the molecule is CCn1nccc1CNc1ccc2oc(C)nc2c1. The molecule has 0 amide bonds. The molecular formula is C14H16N4O. The molecule has 5 heteroatoms. The molecule has 0 radical (unpaired) electrons. The van der Waals surface area contributed by atoms with Crippen molar-refractivity contribution in [1.82, 2.24) is 14.8 Å². The molecule has 0 aliphatic rings. The number of aromatic nitrogens is 3. The third-order valence-electron chi connectivity index (χ3n) is 3.07. The van der Waals surface area contributed by atoms with Crippen molar-refractivity contribution in [3.05, 3.63) is 42.0 Å². The van der Waals surface area contributed by atoms with Gasteiger partial charge in [0.1, 0.15) is 5.52 Å². The van der Waals surface area contributed by atoms with Gasteiger partial charge in [-0.2, -0.15) is 5.10 Å². The van der Waals surface area contributed by atoms with Crippen molar-refractivity contribution in [2.75, 3.05) is 5.32 Å². The van der Waals surface area contributed by atoms with E-state index in [0.717, 1.165) is 29.9 Å². The Hall–Kier alpha value is -2.30. The van der Waals surface area contributed by atoms with Crippen LogP contribution in [0.25, 0.3) is 11.1 Å². The monoisotopic (exact) mass is 256 g/mol. The first-order valence-corrected chi connectivity index (χ1v) is 6.38. The molecule has 2 heterocycles. The number of anilines is 1. The van der Waals surface area contributed by atoms with E-state index in [1.165, 1.54) is 5.69 Å². The van der Waals surface area contributed by atoms with Crippen LogP contribution in [-0.4, -0.2) is 14.8 Å². The molecule has 0 fully saturated rings. The number of benzene rings is 1. The smallest absolute Gasteiger partial charge is 0.192 e. The zero-order chi connectivity index (χ0) is 13.2. The molecule has 5 nitrogen and oxygen atoms in total. The maximum atomic E-state index is 5.46. The van der Waals surface area contributed by atoms with E-state index in [2.05, 4.69) is 22.3 Å². The highest BCUT2D eigenvalue weighted by Crippen LogP contribution is 2.20. The Balaban J connectivity index is 1.78. The first-order valence-electron chi connectivity index (χ1n) is 6.38. The molecule has 0 unspecified atom stereocenters. The number of fused-ring (bicyclic) bond motifs is 1. The van der Waals surface area contributed by atoms with Crippen LogP contribution in [-0.2, 0) is 13.1 Å². The van der Waals surface area contributed by atoms with Crippen molar-refractivity contribution >= 4 is 16.8 Å². The summed E-state index contributed by atoms with van der Waals surface area (Å²) in [4.78, 5) is 4.33. The first kappa shape index (κ1) is 11.8. The van der Waals surface area contributed by atoms with Gasteiger partial charge in [0.25, 0.3) is 0 Å². The fourth-order valence-electron chi connectivity index (χ4n) is 2.14. The minimum absolute atomic E-state index is 0.691. The van der Waals surface area contributed by atoms with Crippen LogP contribution >= 0.6 is 0 Å². The third-order valence-corrected chi connectivity index (χ3v) is 3.07. The van der Waals surface area contributed by atoms with E-state index in [-0.39, 0.29) is 0 Å². The maximum absolute atomic E-state index is 5.46. The Kier molecular flexibility index (Phi) is 2.95. The molecule has 0 spiro atoms. The summed E-state index contributed by atoms with van der Waals surface area (Å²) in [5, 5.41) is 7.63. The second kappa shape index (κ2) is 4.76. The van der Waals surface area contributed by atoms with Crippen molar-refractivity contribution in [2.24, 2.45) is 0 Å². The van der Waals surface area contributed by atoms with Crippen LogP contribution in [0, 0.1) is 6.92 Å². The summed E-state index contributed by atoms with van der Waals surface area (Å²) < 4.78 is 7.43. The van der Waals surface area contributed by atoms with Gasteiger partial charge in [0.2, 0.25) is 0 Å². The van der Waals surface area contributed by atoms with Crippen LogP contribution in [0.3, 0.4) is 0 Å². The normalized spacial score (nSPS) is 11.1. The number of nitrogens with one attached hydrogen (secondary N) is 1. The number of oxazole rings is 1. The Bertz CT molecular complexity index is 698. The molecule has 0 saturated carbocycles. The van der Waals surface area contributed by atoms with Crippen molar-refractivity contribution in [3.8, 4) is 0 Å². The van der Waals surface area contributed by atoms with Gasteiger partial charge in [-0.25, -0.2) is 4.98 Å². The molecule has 19 heavy (non-hydrogen) atoms. The van der Waals surface area contributed by atoms with E-state index >= 15 is 0 Å². The van der Waals surface area contributed by atoms with Gasteiger partial charge in [0, 0.05) is 25.4 Å². The fraction of sp³-hybridized carbons (Fsp3) is 0.286. The number of hydrogen-bond acceptors (Lipinski definition) is 4. The average molecular weight is 256 g/mol. The topological polar surface area (TPSA) is 55.9 Å². The highest BCUT2D eigenvalue weighted by atomic mass is 16.3. The average Bonchev–Trinajstić information content (AvgIpc) is 3.00. The van der Waals surface area contributed by atoms with Gasteiger partial charge in [-0.3, -0.25) is 4.68 Å². The zero-order valence-electron chi connectivity index (χ0n) is 11.1. The van der Waals surface area contributed by atoms with Gasteiger partial charge in [-0.15, -0.1) is 0 Å². The van der Waals surface area contributed by atoms with Crippen LogP contribution in [0.2, 0.25) is 0 Å². The van der Waals surface area contributed by atoms with Crippen LogP contribution in [0.4, 0.5) is 5.69 Å². The number of aryl methyl sites for hydroxylation is 2. The molecule has 1 aromatic carbocycles. The lowest BCUT2D eigenvalue weighted by Crippen LogP contribution is -2.07. The molecule has 0 aliphatic carbocycles. The third kappa shape index (κ3) is 2.31. The number of rotatable bonds is 4. The molecule has 0 saturated heterocycles. The molecule has 0 atom stereocenters. The summed E-state index contributed by atoms with van der Waals surface area (Å²) in [6, 6.07) is 7.96. The fourth-order valence-corrected chi connectivity index (χ4v) is 2.14. The van der Waals surface area contributed by atoms with E-state index < -0.39 is 0 Å². The number of hydrogen-bond donors (Lipinski definition) is 1. The largest absolute Gasteiger partial charge is 0.441 e. The lowest BCUT2D eigenvalue weighted by Gasteiger charge is -2.07. The van der Waals surface area contributed by atoms with Crippen molar-refractivity contribution in [3.63, 3.8) is 0 Å². The molecule has 3 rings (SSSR count). The maximum Gasteiger partial charge on any atom is 0.192 e. The molecule has 3 aromatic rings. The predicted molar refractivity (Wildman–Crippen MR) is 74.0 cm³/mol. The van der Waals surface area contributed by atoms with Crippen molar-refractivity contribution < 1.29 is 4.42 Å². The first-order chi connectivity index (χ1) is 9.26. The summed E-state index contributed by atoms with van der Waals surface area (Å²) in [5.41, 5.74) is 3.90. The molecule has 2 aromatic heterocycles. The predicted octanol–water partition coefficient (Wildman–Crippen LogP) is 2.96. The summed E-state index contributed by atoms with van der Waals surface area (Å²) in [5.74, 6) is 0.691. The van der Waals surface area contributed by atoms with Gasteiger partial charge in [-0.05, 0) is 31.2 Å². The minimum Gasteiger partial charge on any atom is -0.441 e. The van der Waals surface area contributed by atoms with E-state index in [0.29, 0.717) is 5.89 Å². The highest BCUT2D eigenvalue weighted by Gasteiger charge is 2.04. The summed E-state index contributed by atoms with van der Waals surface area (Å²) >= 11 is 0. The van der Waals surface area contributed by atoms with E-state index in [1.807, 2.05) is 42.1 Å². The second-order valence-electron chi connectivity index (χ2n) is 4.41. The van der Waals surface area contributed by atoms with E-state index in [9.17, 15) is 0 Å². The quantitative estimate of drug-likeness (QED) is 0.779. The Morgan fingerprint density at radius 1 is 1.32 bits per heavy atom.